The Balaban J connectivity index is 1.75. The van der Waals surface area contributed by atoms with Crippen molar-refractivity contribution in [2.45, 2.75) is 6.04 Å². The molecule has 2 amide bonds. The van der Waals surface area contributed by atoms with Gasteiger partial charge in [0.15, 0.2) is 0 Å². The third kappa shape index (κ3) is 3.05. The number of ether oxygens (including phenoxy) is 1. The maximum absolute atomic E-state index is 13.1. The number of nitrogens with one attached hydrogen (secondary N) is 1. The van der Waals surface area contributed by atoms with Gasteiger partial charge in [0.25, 0.3) is 5.91 Å². The summed E-state index contributed by atoms with van der Waals surface area (Å²) in [4.78, 5) is 27.2. The van der Waals surface area contributed by atoms with E-state index >= 15 is 0 Å². The summed E-state index contributed by atoms with van der Waals surface area (Å²) in [5.41, 5.74) is 3.72. The number of carbonyl (C=O) groups excluding carboxylic acids is 2. The van der Waals surface area contributed by atoms with E-state index in [0.717, 1.165) is 22.0 Å². The molecule has 0 saturated carbocycles. The zero-order valence-corrected chi connectivity index (χ0v) is 16.0. The lowest BCUT2D eigenvalue weighted by Gasteiger charge is -2.25. The molecule has 2 heterocycles. The highest BCUT2D eigenvalue weighted by molar-refractivity contribution is 6.02. The van der Waals surface area contributed by atoms with Crippen molar-refractivity contribution in [2.75, 3.05) is 26.8 Å². The van der Waals surface area contributed by atoms with Crippen LogP contribution in [-0.2, 0) is 16.6 Å². The average molecular weight is 377 g/mol. The Morgan fingerprint density at radius 2 is 1.86 bits per heavy atom. The number of carbonyl (C=O) groups is 2. The fraction of sp³-hybridized carbons (Fsp3) is 0.273. The summed E-state index contributed by atoms with van der Waals surface area (Å²) in [5, 5.41) is 3.90. The number of methoxy groups -OCH3 is 1. The number of aryl methyl sites for hydroxylation is 1. The lowest BCUT2D eigenvalue weighted by Crippen LogP contribution is -2.40. The van der Waals surface area contributed by atoms with Crippen LogP contribution < -0.4 is 5.32 Å². The number of aromatic nitrogens is 1. The van der Waals surface area contributed by atoms with Gasteiger partial charge in [-0.15, -0.1) is 0 Å². The first-order valence-corrected chi connectivity index (χ1v) is 9.31. The molecule has 1 aliphatic rings. The molecule has 1 atom stereocenters. The van der Waals surface area contributed by atoms with Crippen LogP contribution in [0.25, 0.3) is 10.9 Å². The minimum atomic E-state index is -0.289. The van der Waals surface area contributed by atoms with Crippen molar-refractivity contribution in [3.05, 3.63) is 71.4 Å². The molecule has 0 spiro atoms. The number of rotatable bonds is 6. The number of nitrogens with zero attached hydrogens (tertiary/aromatic N) is 2. The summed E-state index contributed by atoms with van der Waals surface area (Å²) in [6.07, 6.45) is 2.06. The molecule has 1 N–H and O–H groups in total. The van der Waals surface area contributed by atoms with Gasteiger partial charge in [0.2, 0.25) is 5.91 Å². The molecule has 6 heteroatoms. The lowest BCUT2D eigenvalue weighted by atomic mass is 9.97. The maximum atomic E-state index is 13.1. The Hall–Kier alpha value is -3.12. The summed E-state index contributed by atoms with van der Waals surface area (Å²) < 4.78 is 7.04. The Morgan fingerprint density at radius 3 is 2.68 bits per heavy atom. The van der Waals surface area contributed by atoms with Gasteiger partial charge in [-0.2, -0.15) is 0 Å². The molecule has 2 aromatic carbocycles. The summed E-state index contributed by atoms with van der Waals surface area (Å²) in [5.74, 6) is -0.307. The second-order valence-electron chi connectivity index (χ2n) is 6.98. The topological polar surface area (TPSA) is 63.6 Å². The van der Waals surface area contributed by atoms with Crippen molar-refractivity contribution in [1.82, 2.24) is 14.8 Å². The van der Waals surface area contributed by atoms with E-state index in [0.29, 0.717) is 18.7 Å². The van der Waals surface area contributed by atoms with E-state index in [1.807, 2.05) is 43.4 Å². The SMILES string of the molecule is COCCNC(=O)CN1C(=O)c2ccccc2[C@@H]1c1cn(C)c2ccccc12. The van der Waals surface area contributed by atoms with E-state index in [2.05, 4.69) is 28.2 Å². The van der Waals surface area contributed by atoms with Crippen molar-refractivity contribution in [3.63, 3.8) is 0 Å². The van der Waals surface area contributed by atoms with Crippen LogP contribution in [0.1, 0.15) is 27.5 Å². The van der Waals surface area contributed by atoms with Crippen molar-refractivity contribution >= 4 is 22.7 Å². The van der Waals surface area contributed by atoms with Gasteiger partial charge in [-0.25, -0.2) is 0 Å². The number of benzene rings is 2. The standard InChI is InChI=1S/C22H23N3O3/c1-24-13-18(15-7-5-6-10-19(15)24)21-16-8-3-4-9-17(16)22(27)25(21)14-20(26)23-11-12-28-2/h3-10,13,21H,11-12,14H2,1-2H3,(H,23,26)/t21-/m1/s1. The van der Waals surface area contributed by atoms with Gasteiger partial charge in [0.05, 0.1) is 12.6 Å². The van der Waals surface area contributed by atoms with Crippen LogP contribution in [0.5, 0.6) is 0 Å². The van der Waals surface area contributed by atoms with Crippen molar-refractivity contribution < 1.29 is 14.3 Å². The molecule has 0 saturated heterocycles. The highest BCUT2D eigenvalue weighted by Crippen LogP contribution is 2.41. The molecular weight excluding hydrogens is 354 g/mol. The minimum Gasteiger partial charge on any atom is -0.383 e. The Morgan fingerprint density at radius 1 is 1.11 bits per heavy atom. The molecule has 0 bridgehead atoms. The quantitative estimate of drug-likeness (QED) is 0.672. The van der Waals surface area contributed by atoms with Gasteiger partial charge in [0, 0.05) is 48.9 Å². The molecule has 0 unspecified atom stereocenters. The number of para-hydroxylation sites is 1. The van der Waals surface area contributed by atoms with Gasteiger partial charge < -0.3 is 19.5 Å². The predicted octanol–water partition coefficient (Wildman–Crippen LogP) is 2.49. The van der Waals surface area contributed by atoms with E-state index in [1.54, 1.807) is 12.0 Å². The van der Waals surface area contributed by atoms with Gasteiger partial charge in [-0.1, -0.05) is 36.4 Å². The van der Waals surface area contributed by atoms with Gasteiger partial charge in [0.1, 0.15) is 6.54 Å². The summed E-state index contributed by atoms with van der Waals surface area (Å²) in [6, 6.07) is 15.4. The van der Waals surface area contributed by atoms with E-state index < -0.39 is 0 Å². The molecule has 4 rings (SSSR count). The molecule has 144 valence electrons. The monoisotopic (exact) mass is 377 g/mol. The van der Waals surface area contributed by atoms with Crippen LogP contribution in [0.4, 0.5) is 0 Å². The van der Waals surface area contributed by atoms with Crippen LogP contribution in [0.3, 0.4) is 0 Å². The number of amides is 2. The molecular formula is C22H23N3O3. The lowest BCUT2D eigenvalue weighted by molar-refractivity contribution is -0.122. The summed E-state index contributed by atoms with van der Waals surface area (Å²) >= 11 is 0. The Labute approximate surface area is 163 Å². The first-order valence-electron chi connectivity index (χ1n) is 9.31. The minimum absolute atomic E-state index is 0.00507. The first-order chi connectivity index (χ1) is 13.6. The van der Waals surface area contributed by atoms with Crippen molar-refractivity contribution in [3.8, 4) is 0 Å². The average Bonchev–Trinajstić information content (AvgIpc) is 3.17. The second kappa shape index (κ2) is 7.48. The Bertz CT molecular complexity index is 1040. The van der Waals surface area contributed by atoms with Crippen molar-refractivity contribution in [1.29, 1.82) is 0 Å². The fourth-order valence-electron chi connectivity index (χ4n) is 3.96. The van der Waals surface area contributed by atoms with Crippen LogP contribution in [0.2, 0.25) is 0 Å². The van der Waals surface area contributed by atoms with Crippen LogP contribution in [0.15, 0.2) is 54.7 Å². The highest BCUT2D eigenvalue weighted by Gasteiger charge is 2.39. The van der Waals surface area contributed by atoms with Crippen LogP contribution >= 0.6 is 0 Å². The molecule has 1 aliphatic heterocycles. The zero-order valence-electron chi connectivity index (χ0n) is 16.0. The van der Waals surface area contributed by atoms with E-state index in [-0.39, 0.29) is 24.4 Å². The zero-order chi connectivity index (χ0) is 19.7. The molecule has 6 nitrogen and oxygen atoms in total. The Kier molecular flexibility index (Phi) is 4.88. The third-order valence-electron chi connectivity index (χ3n) is 5.22. The van der Waals surface area contributed by atoms with E-state index in [1.165, 1.54) is 0 Å². The fourth-order valence-corrected chi connectivity index (χ4v) is 3.96. The van der Waals surface area contributed by atoms with E-state index in [9.17, 15) is 9.59 Å². The van der Waals surface area contributed by atoms with Gasteiger partial charge in [-0.05, 0) is 17.7 Å². The molecule has 0 radical (unpaired) electrons. The second-order valence-corrected chi connectivity index (χ2v) is 6.98. The van der Waals surface area contributed by atoms with Crippen LogP contribution in [-0.4, -0.2) is 48.1 Å². The largest absolute Gasteiger partial charge is 0.383 e. The number of hydrogen-bond acceptors (Lipinski definition) is 3. The summed E-state index contributed by atoms with van der Waals surface area (Å²) in [7, 11) is 3.58. The molecule has 3 aromatic rings. The first kappa shape index (κ1) is 18.3. The summed E-state index contributed by atoms with van der Waals surface area (Å²) in [6.45, 7) is 0.862. The molecule has 1 aromatic heterocycles. The normalized spacial score (nSPS) is 15.9. The highest BCUT2D eigenvalue weighted by atomic mass is 16.5. The van der Waals surface area contributed by atoms with Gasteiger partial charge in [-0.3, -0.25) is 9.59 Å². The number of fused-ring (bicyclic) bond motifs is 2. The smallest absolute Gasteiger partial charge is 0.255 e. The predicted molar refractivity (Wildman–Crippen MR) is 107 cm³/mol. The molecule has 0 fully saturated rings. The van der Waals surface area contributed by atoms with Crippen LogP contribution in [0, 0.1) is 0 Å². The third-order valence-corrected chi connectivity index (χ3v) is 5.22. The molecule has 28 heavy (non-hydrogen) atoms. The number of hydrogen-bond donors (Lipinski definition) is 1. The maximum Gasteiger partial charge on any atom is 0.255 e. The van der Waals surface area contributed by atoms with Gasteiger partial charge >= 0.3 is 0 Å². The molecule has 0 aliphatic carbocycles. The van der Waals surface area contributed by atoms with Crippen molar-refractivity contribution in [2.24, 2.45) is 7.05 Å². The van der Waals surface area contributed by atoms with E-state index in [4.69, 9.17) is 4.74 Å².